The molecule has 3 fully saturated rings. The SMILES string of the molecule is CC[C@@H]1CN2CC[C@@]34OCCO[C@@]3(Nc3cc(-c5ccccc5)cc(OC)c34)[C@@H]2C[C@@H]1/C(=C\OC)C(=O)OC. The molecular weight excluding hydrogens is 496 g/mol. The van der Waals surface area contributed by atoms with E-state index < -0.39 is 11.3 Å². The van der Waals surface area contributed by atoms with E-state index >= 15 is 0 Å². The Labute approximate surface area is 230 Å². The Morgan fingerprint density at radius 2 is 1.92 bits per heavy atom. The van der Waals surface area contributed by atoms with Crippen LogP contribution in [-0.4, -0.2) is 70.3 Å². The smallest absolute Gasteiger partial charge is 0.337 e. The summed E-state index contributed by atoms with van der Waals surface area (Å²) in [5.41, 5.74) is 3.25. The molecule has 0 bridgehead atoms. The van der Waals surface area contributed by atoms with Crippen LogP contribution in [0.25, 0.3) is 11.1 Å². The zero-order valence-electron chi connectivity index (χ0n) is 23.2. The zero-order valence-corrected chi connectivity index (χ0v) is 23.2. The summed E-state index contributed by atoms with van der Waals surface area (Å²) in [6.45, 7) is 4.91. The van der Waals surface area contributed by atoms with Crippen LogP contribution in [0.5, 0.6) is 5.75 Å². The number of benzene rings is 2. The number of fused-ring (bicyclic) bond motifs is 2. The minimum absolute atomic E-state index is 0.0355. The lowest BCUT2D eigenvalue weighted by molar-refractivity contribution is -0.297. The van der Waals surface area contributed by atoms with Crippen LogP contribution in [-0.2, 0) is 29.3 Å². The van der Waals surface area contributed by atoms with Gasteiger partial charge >= 0.3 is 5.97 Å². The number of hydrogen-bond acceptors (Lipinski definition) is 8. The number of hydrogen-bond donors (Lipinski definition) is 1. The largest absolute Gasteiger partial charge is 0.504 e. The maximum absolute atomic E-state index is 12.9. The van der Waals surface area contributed by atoms with Gasteiger partial charge in [0.2, 0.25) is 0 Å². The molecule has 6 rings (SSSR count). The molecule has 0 unspecified atom stereocenters. The summed E-state index contributed by atoms with van der Waals surface area (Å²) >= 11 is 0. The van der Waals surface area contributed by atoms with Crippen molar-refractivity contribution in [2.75, 3.05) is 52.9 Å². The van der Waals surface area contributed by atoms with E-state index in [9.17, 15) is 4.79 Å². The summed E-state index contributed by atoms with van der Waals surface area (Å²) in [5, 5.41) is 3.86. The average molecular weight is 535 g/mol. The Hall–Kier alpha value is -3.07. The van der Waals surface area contributed by atoms with Gasteiger partial charge in [-0.2, -0.15) is 0 Å². The van der Waals surface area contributed by atoms with Crippen LogP contribution in [0.3, 0.4) is 0 Å². The summed E-state index contributed by atoms with van der Waals surface area (Å²) in [5.74, 6) is 0.712. The standard InChI is InChI=1S/C31H38N2O6/c1-5-20-18-33-12-11-30-28-25(15-22(16-26(28)36-3)21-9-7-6-8-10-21)32-31(30,39-14-13-38-30)27(33)17-23(20)24(19-35-2)29(34)37-4/h6-10,15-16,19-20,23,27,32H,5,11-14,17-18H2,1-4H3/b24-19+/t20-,23+,27+,30+,31+/m1/s1. The molecule has 8 nitrogen and oxygen atoms in total. The van der Waals surface area contributed by atoms with Crippen LogP contribution in [0.2, 0.25) is 0 Å². The van der Waals surface area contributed by atoms with E-state index in [2.05, 4.69) is 41.4 Å². The second-order valence-electron chi connectivity index (χ2n) is 10.9. The van der Waals surface area contributed by atoms with Crippen molar-refractivity contribution in [2.45, 2.75) is 43.6 Å². The molecule has 8 heteroatoms. The van der Waals surface area contributed by atoms with Crippen LogP contribution in [0.1, 0.15) is 31.7 Å². The molecule has 0 radical (unpaired) electrons. The van der Waals surface area contributed by atoms with Crippen molar-refractivity contribution >= 4 is 11.7 Å². The zero-order chi connectivity index (χ0) is 27.2. The van der Waals surface area contributed by atoms with Crippen LogP contribution >= 0.6 is 0 Å². The van der Waals surface area contributed by atoms with E-state index in [1.54, 1.807) is 20.5 Å². The average Bonchev–Trinajstić information content (AvgIpc) is 3.30. The first-order valence-corrected chi connectivity index (χ1v) is 13.9. The molecule has 1 N–H and O–H groups in total. The third-order valence-corrected chi connectivity index (χ3v) is 9.28. The third kappa shape index (κ3) is 3.87. The number of carbonyl (C=O) groups is 1. The Bertz CT molecular complexity index is 1270. The van der Waals surface area contributed by atoms with E-state index in [1.165, 1.54) is 7.11 Å². The van der Waals surface area contributed by atoms with Gasteiger partial charge in [0.1, 0.15) is 11.4 Å². The van der Waals surface area contributed by atoms with Gasteiger partial charge in [0.05, 0.1) is 58.0 Å². The molecule has 0 aromatic heterocycles. The minimum atomic E-state index is -0.820. The van der Waals surface area contributed by atoms with Crippen molar-refractivity contribution in [2.24, 2.45) is 11.8 Å². The Morgan fingerprint density at radius 1 is 1.13 bits per heavy atom. The molecule has 4 aliphatic rings. The number of piperidine rings is 2. The number of anilines is 1. The number of nitrogens with zero attached hydrogens (tertiary/aromatic N) is 1. The summed E-state index contributed by atoms with van der Waals surface area (Å²) < 4.78 is 30.2. The maximum Gasteiger partial charge on any atom is 0.337 e. The molecular formula is C31H38N2O6. The topological polar surface area (TPSA) is 78.5 Å². The van der Waals surface area contributed by atoms with Crippen molar-refractivity contribution < 1.29 is 28.5 Å². The van der Waals surface area contributed by atoms with Gasteiger partial charge in [-0.3, -0.25) is 4.90 Å². The van der Waals surface area contributed by atoms with Gasteiger partial charge in [-0.1, -0.05) is 43.7 Å². The molecule has 2 aromatic carbocycles. The van der Waals surface area contributed by atoms with Gasteiger partial charge in [0, 0.05) is 18.8 Å². The molecule has 3 saturated heterocycles. The number of methoxy groups -OCH3 is 3. The molecule has 0 spiro atoms. The predicted molar refractivity (Wildman–Crippen MR) is 147 cm³/mol. The number of nitrogens with one attached hydrogen (secondary N) is 1. The summed E-state index contributed by atoms with van der Waals surface area (Å²) in [6.07, 6.45) is 4.00. The van der Waals surface area contributed by atoms with Gasteiger partial charge in [0.25, 0.3) is 0 Å². The number of esters is 1. The lowest BCUT2D eigenvalue weighted by Crippen LogP contribution is -2.75. The van der Waals surface area contributed by atoms with Crippen LogP contribution in [0.15, 0.2) is 54.3 Å². The van der Waals surface area contributed by atoms with Crippen molar-refractivity contribution in [3.63, 3.8) is 0 Å². The minimum Gasteiger partial charge on any atom is -0.504 e. The lowest BCUT2D eigenvalue weighted by Gasteiger charge is -2.61. The van der Waals surface area contributed by atoms with Gasteiger partial charge in [-0.15, -0.1) is 0 Å². The van der Waals surface area contributed by atoms with Gasteiger partial charge in [-0.05, 0) is 47.9 Å². The Morgan fingerprint density at radius 3 is 2.64 bits per heavy atom. The molecule has 5 atom stereocenters. The van der Waals surface area contributed by atoms with Crippen LogP contribution in [0, 0.1) is 11.8 Å². The third-order valence-electron chi connectivity index (χ3n) is 9.28. The van der Waals surface area contributed by atoms with E-state index in [1.807, 2.05) is 18.2 Å². The van der Waals surface area contributed by atoms with Gasteiger partial charge < -0.3 is 29.0 Å². The first-order valence-electron chi connectivity index (χ1n) is 13.9. The molecule has 0 aliphatic carbocycles. The second-order valence-corrected chi connectivity index (χ2v) is 10.9. The molecule has 39 heavy (non-hydrogen) atoms. The van der Waals surface area contributed by atoms with Crippen LogP contribution < -0.4 is 10.1 Å². The van der Waals surface area contributed by atoms with Gasteiger partial charge in [0.15, 0.2) is 5.72 Å². The highest BCUT2D eigenvalue weighted by Gasteiger charge is 2.70. The van der Waals surface area contributed by atoms with Gasteiger partial charge in [-0.25, -0.2) is 4.79 Å². The van der Waals surface area contributed by atoms with Crippen molar-refractivity contribution in [1.29, 1.82) is 0 Å². The molecule has 4 aliphatic heterocycles. The molecule has 0 saturated carbocycles. The van der Waals surface area contributed by atoms with E-state index in [0.29, 0.717) is 25.2 Å². The van der Waals surface area contributed by atoms with E-state index in [4.69, 9.17) is 23.7 Å². The number of carbonyl (C=O) groups excluding carboxylic acids is 1. The first kappa shape index (κ1) is 26.2. The fourth-order valence-electron chi connectivity index (χ4n) is 7.59. The molecule has 2 aromatic rings. The highest BCUT2D eigenvalue weighted by molar-refractivity contribution is 5.88. The lowest BCUT2D eigenvalue weighted by atomic mass is 9.67. The second kappa shape index (κ2) is 10.2. The highest BCUT2D eigenvalue weighted by atomic mass is 16.6. The normalized spacial score (nSPS) is 31.7. The molecule has 4 heterocycles. The van der Waals surface area contributed by atoms with Crippen LogP contribution in [0.4, 0.5) is 5.69 Å². The monoisotopic (exact) mass is 534 g/mol. The summed E-state index contributed by atoms with van der Waals surface area (Å²) in [7, 11) is 4.73. The highest BCUT2D eigenvalue weighted by Crippen LogP contribution is 2.62. The molecule has 208 valence electrons. The predicted octanol–water partition coefficient (Wildman–Crippen LogP) is 4.55. The quantitative estimate of drug-likeness (QED) is 0.329. The summed E-state index contributed by atoms with van der Waals surface area (Å²) in [6, 6.07) is 14.6. The van der Waals surface area contributed by atoms with E-state index in [-0.39, 0.29) is 23.8 Å². The summed E-state index contributed by atoms with van der Waals surface area (Å²) in [4.78, 5) is 15.4. The molecule has 0 amide bonds. The first-order chi connectivity index (χ1) is 19.0. The fraction of sp³-hybridized carbons (Fsp3) is 0.516. The van der Waals surface area contributed by atoms with Crippen molar-refractivity contribution in [3.05, 3.63) is 59.9 Å². The van der Waals surface area contributed by atoms with Crippen molar-refractivity contribution in [1.82, 2.24) is 4.90 Å². The maximum atomic E-state index is 12.9. The van der Waals surface area contributed by atoms with Crippen molar-refractivity contribution in [3.8, 4) is 16.9 Å². The Balaban J connectivity index is 1.46. The fourth-order valence-corrected chi connectivity index (χ4v) is 7.59. The number of rotatable bonds is 6. The number of ether oxygens (including phenoxy) is 5. The Kier molecular flexibility index (Phi) is 6.81. The van der Waals surface area contributed by atoms with E-state index in [0.717, 1.165) is 54.1 Å².